The zero-order chi connectivity index (χ0) is 16.8. The Hall–Kier alpha value is -1.24. The second-order valence-corrected chi connectivity index (χ2v) is 11.3. The van der Waals surface area contributed by atoms with Gasteiger partial charge in [0.1, 0.15) is 0 Å². The van der Waals surface area contributed by atoms with Gasteiger partial charge in [-0.25, -0.2) is 0 Å². The quantitative estimate of drug-likeness (QED) is 0.253. The minimum Gasteiger partial charge on any atom is -0.134 e. The second-order valence-electron chi connectivity index (χ2n) is 5.58. The molecule has 0 radical (unpaired) electrons. The zero-order valence-corrected chi connectivity index (χ0v) is 17.7. The predicted molar refractivity (Wildman–Crippen MR) is 119 cm³/mol. The number of fused-ring (bicyclic) bond motifs is 1. The number of halogens is 1. The first kappa shape index (κ1) is 16.0. The Morgan fingerprint density at radius 3 is 1.68 bits per heavy atom. The van der Waals surface area contributed by atoms with E-state index in [4.69, 9.17) is 0 Å². The summed E-state index contributed by atoms with van der Waals surface area (Å²) in [5, 5.41) is 1.33. The summed E-state index contributed by atoms with van der Waals surface area (Å²) in [6.45, 7) is 0. The smallest absolute Gasteiger partial charge is 0.0705 e. The van der Waals surface area contributed by atoms with E-state index in [-0.39, 0.29) is 0 Å². The van der Waals surface area contributed by atoms with Crippen molar-refractivity contribution in [3.63, 3.8) is 0 Å². The number of hydrogen-bond acceptors (Lipinski definition) is 4. The molecular weight excluding hydrogens is 448 g/mol. The molecule has 0 fully saturated rings. The summed E-state index contributed by atoms with van der Waals surface area (Å²) < 4.78 is 2.54. The monoisotopic (exact) mass is 458 g/mol. The lowest BCUT2D eigenvalue weighted by atomic mass is 10.2. The summed E-state index contributed by atoms with van der Waals surface area (Å²) in [4.78, 5) is 8.06. The number of hydrogen-bond donors (Lipinski definition) is 0. The second kappa shape index (κ2) is 6.49. The molecule has 0 atom stereocenters. The first-order chi connectivity index (χ1) is 12.3. The normalized spacial score (nSPS) is 11.4. The van der Waals surface area contributed by atoms with E-state index < -0.39 is 0 Å². The van der Waals surface area contributed by atoms with Crippen LogP contribution in [0.3, 0.4) is 0 Å². The molecule has 25 heavy (non-hydrogen) atoms. The van der Waals surface area contributed by atoms with Crippen molar-refractivity contribution in [1.82, 2.24) is 0 Å². The minimum atomic E-state index is 1.18. The third-order valence-corrected chi connectivity index (χ3v) is 9.44. The number of thiophene rings is 4. The van der Waals surface area contributed by atoms with Gasteiger partial charge in [0.15, 0.2) is 0 Å². The fourth-order valence-electron chi connectivity index (χ4n) is 2.76. The standard InChI is InChI=1S/C20H11BrS4/c21-20-10-9-17(25-20)16-6-5-14(23-16)15-7-8-18(24-15)19-11-12-3-1-2-4-13(12)22-19/h1-11H. The zero-order valence-electron chi connectivity index (χ0n) is 12.9. The molecule has 0 saturated carbocycles. The number of rotatable bonds is 3. The fraction of sp³-hybridized carbons (Fsp3) is 0. The molecular formula is C20H11BrS4. The van der Waals surface area contributed by atoms with Gasteiger partial charge in [0.05, 0.1) is 3.79 Å². The molecule has 4 aromatic heterocycles. The molecule has 0 saturated heterocycles. The van der Waals surface area contributed by atoms with E-state index in [0.717, 1.165) is 0 Å². The largest absolute Gasteiger partial charge is 0.134 e. The predicted octanol–water partition coefficient (Wildman–Crippen LogP) is 8.85. The Bertz CT molecular complexity index is 1140. The van der Waals surface area contributed by atoms with E-state index in [1.807, 2.05) is 34.0 Å². The molecule has 5 heteroatoms. The molecule has 0 unspecified atom stereocenters. The third-order valence-electron chi connectivity index (χ3n) is 3.94. The van der Waals surface area contributed by atoms with Gasteiger partial charge in [-0.05, 0) is 69.8 Å². The Morgan fingerprint density at radius 2 is 1.08 bits per heavy atom. The highest BCUT2D eigenvalue weighted by Crippen LogP contribution is 2.44. The Labute approximate surface area is 170 Å². The topological polar surface area (TPSA) is 0 Å². The molecule has 5 aromatic rings. The lowest BCUT2D eigenvalue weighted by Crippen LogP contribution is -1.59. The summed E-state index contributed by atoms with van der Waals surface area (Å²) in [6, 6.07) is 24.2. The van der Waals surface area contributed by atoms with Crippen molar-refractivity contribution in [2.24, 2.45) is 0 Å². The molecule has 0 aliphatic rings. The maximum Gasteiger partial charge on any atom is 0.0705 e. The van der Waals surface area contributed by atoms with Crippen molar-refractivity contribution in [2.75, 3.05) is 0 Å². The van der Waals surface area contributed by atoms with Crippen LogP contribution >= 0.6 is 61.3 Å². The van der Waals surface area contributed by atoms with Crippen molar-refractivity contribution < 1.29 is 0 Å². The maximum atomic E-state index is 3.55. The highest BCUT2D eigenvalue weighted by molar-refractivity contribution is 9.11. The van der Waals surface area contributed by atoms with E-state index >= 15 is 0 Å². The average Bonchev–Trinajstić information content (AvgIpc) is 3.38. The van der Waals surface area contributed by atoms with Crippen LogP contribution in [0.25, 0.3) is 39.3 Å². The molecule has 0 spiro atoms. The number of benzene rings is 1. The van der Waals surface area contributed by atoms with Crippen molar-refractivity contribution >= 4 is 71.4 Å². The first-order valence-corrected chi connectivity index (χ1v) is 11.8. The van der Waals surface area contributed by atoms with Crippen LogP contribution in [-0.4, -0.2) is 0 Å². The molecule has 0 aliphatic heterocycles. The average molecular weight is 459 g/mol. The van der Waals surface area contributed by atoms with Crippen molar-refractivity contribution in [3.8, 4) is 29.3 Å². The Morgan fingerprint density at radius 1 is 0.520 bits per heavy atom. The van der Waals surface area contributed by atoms with Crippen LogP contribution in [0.1, 0.15) is 0 Å². The van der Waals surface area contributed by atoms with Crippen molar-refractivity contribution in [1.29, 1.82) is 0 Å². The third kappa shape index (κ3) is 3.04. The molecule has 5 rings (SSSR count). The maximum absolute atomic E-state index is 3.55. The van der Waals surface area contributed by atoms with Gasteiger partial charge in [0.2, 0.25) is 0 Å². The molecule has 1 aromatic carbocycles. The van der Waals surface area contributed by atoms with Gasteiger partial charge < -0.3 is 0 Å². The SMILES string of the molecule is Brc1ccc(-c2ccc(-c3ccc(-c4cc5ccccc5s4)s3)s2)s1. The van der Waals surface area contributed by atoms with Crippen LogP contribution < -0.4 is 0 Å². The van der Waals surface area contributed by atoms with Crippen LogP contribution in [0.5, 0.6) is 0 Å². The van der Waals surface area contributed by atoms with Gasteiger partial charge in [-0.1, -0.05) is 18.2 Å². The minimum absolute atomic E-state index is 1.18. The highest BCUT2D eigenvalue weighted by atomic mass is 79.9. The van der Waals surface area contributed by atoms with Crippen molar-refractivity contribution in [2.45, 2.75) is 0 Å². The molecule has 0 amide bonds. The summed E-state index contributed by atoms with van der Waals surface area (Å²) in [7, 11) is 0. The van der Waals surface area contributed by atoms with Gasteiger partial charge in [-0.15, -0.1) is 45.3 Å². The van der Waals surface area contributed by atoms with Crippen LogP contribution in [0.2, 0.25) is 0 Å². The summed E-state index contributed by atoms with van der Waals surface area (Å²) in [5.74, 6) is 0. The van der Waals surface area contributed by atoms with Crippen LogP contribution in [0.15, 0.2) is 70.5 Å². The Kier molecular flexibility index (Phi) is 4.14. The highest BCUT2D eigenvalue weighted by Gasteiger charge is 2.11. The van der Waals surface area contributed by atoms with Gasteiger partial charge in [-0.3, -0.25) is 0 Å². The summed E-state index contributed by atoms with van der Waals surface area (Å²) >= 11 is 11.0. The molecule has 4 heterocycles. The molecule has 122 valence electrons. The fourth-order valence-corrected chi connectivity index (χ4v) is 7.48. The van der Waals surface area contributed by atoms with Gasteiger partial charge in [0, 0.05) is 34.0 Å². The van der Waals surface area contributed by atoms with E-state index in [1.165, 1.54) is 43.1 Å². The summed E-state index contributed by atoms with van der Waals surface area (Å²) in [6.07, 6.45) is 0. The lowest BCUT2D eigenvalue weighted by molar-refractivity contribution is 1.85. The molecule has 0 aliphatic carbocycles. The van der Waals surface area contributed by atoms with E-state index in [9.17, 15) is 0 Å². The molecule has 0 bridgehead atoms. The van der Waals surface area contributed by atoms with Gasteiger partial charge in [0.25, 0.3) is 0 Å². The van der Waals surface area contributed by atoms with Gasteiger partial charge in [-0.2, -0.15) is 0 Å². The van der Waals surface area contributed by atoms with Crippen LogP contribution in [0, 0.1) is 0 Å². The van der Waals surface area contributed by atoms with E-state index in [0.29, 0.717) is 0 Å². The molecule has 0 nitrogen and oxygen atoms in total. The molecule has 0 N–H and O–H groups in total. The van der Waals surface area contributed by atoms with Crippen molar-refractivity contribution in [3.05, 3.63) is 70.5 Å². The van der Waals surface area contributed by atoms with Gasteiger partial charge >= 0.3 is 0 Å². The lowest BCUT2D eigenvalue weighted by Gasteiger charge is -1.91. The van der Waals surface area contributed by atoms with E-state index in [1.54, 1.807) is 11.3 Å². The first-order valence-electron chi connectivity index (χ1n) is 7.71. The van der Waals surface area contributed by atoms with Crippen LogP contribution in [-0.2, 0) is 0 Å². The van der Waals surface area contributed by atoms with E-state index in [2.05, 4.69) is 82.7 Å². The summed E-state index contributed by atoms with van der Waals surface area (Å²) in [5.41, 5.74) is 0. The van der Waals surface area contributed by atoms with Crippen LogP contribution in [0.4, 0.5) is 0 Å². The Balaban J connectivity index is 1.49.